The fourth-order valence-corrected chi connectivity index (χ4v) is 3.63. The summed E-state index contributed by atoms with van der Waals surface area (Å²) in [6, 6.07) is 9.24. The monoisotopic (exact) mass is 365 g/mol. The summed E-state index contributed by atoms with van der Waals surface area (Å²) in [4.78, 5) is 14.9. The van der Waals surface area contributed by atoms with Crippen molar-refractivity contribution < 1.29 is 4.79 Å². The highest BCUT2D eigenvalue weighted by atomic mass is 35.5. The van der Waals surface area contributed by atoms with Crippen LogP contribution in [0, 0.1) is 0 Å². The first-order valence-corrected chi connectivity index (χ1v) is 8.90. The van der Waals surface area contributed by atoms with Crippen molar-refractivity contribution in [1.29, 1.82) is 0 Å². The van der Waals surface area contributed by atoms with E-state index in [1.54, 1.807) is 18.2 Å². The van der Waals surface area contributed by atoms with E-state index >= 15 is 0 Å². The number of aromatic nitrogens is 1. The SMILES string of the molecule is Cn1cccc1C(CNC(=O)c1cc(Cl)ccc1Cl)N1CCCC1. The topological polar surface area (TPSA) is 37.3 Å². The smallest absolute Gasteiger partial charge is 0.252 e. The zero-order valence-corrected chi connectivity index (χ0v) is 15.1. The van der Waals surface area contributed by atoms with Crippen LogP contribution in [0.4, 0.5) is 0 Å². The number of aryl methyl sites for hydroxylation is 1. The second kappa shape index (κ2) is 7.60. The standard InChI is InChI=1S/C18H21Cl2N3O/c1-22-8-4-5-16(22)17(23-9-2-3-10-23)12-21-18(24)14-11-13(19)6-7-15(14)20/h4-8,11,17H,2-3,9-10,12H2,1H3,(H,21,24). The van der Waals surface area contributed by atoms with Gasteiger partial charge in [-0.05, 0) is 56.3 Å². The van der Waals surface area contributed by atoms with Crippen LogP contribution in [0.3, 0.4) is 0 Å². The second-order valence-corrected chi connectivity index (χ2v) is 6.98. The molecule has 0 saturated carbocycles. The number of nitrogens with zero attached hydrogens (tertiary/aromatic N) is 2. The number of rotatable bonds is 5. The van der Waals surface area contributed by atoms with E-state index in [0.717, 1.165) is 13.1 Å². The number of carbonyl (C=O) groups excluding carboxylic acids is 1. The molecule has 4 nitrogen and oxygen atoms in total. The summed E-state index contributed by atoms with van der Waals surface area (Å²) in [5, 5.41) is 3.94. The van der Waals surface area contributed by atoms with E-state index in [2.05, 4.69) is 20.9 Å². The largest absolute Gasteiger partial charge is 0.353 e. The zero-order chi connectivity index (χ0) is 17.1. The van der Waals surface area contributed by atoms with Gasteiger partial charge in [0.15, 0.2) is 0 Å². The van der Waals surface area contributed by atoms with Crippen molar-refractivity contribution in [2.75, 3.05) is 19.6 Å². The van der Waals surface area contributed by atoms with Crippen LogP contribution in [0.15, 0.2) is 36.5 Å². The maximum Gasteiger partial charge on any atom is 0.252 e. The van der Waals surface area contributed by atoms with Gasteiger partial charge in [-0.1, -0.05) is 23.2 Å². The van der Waals surface area contributed by atoms with E-state index in [-0.39, 0.29) is 11.9 Å². The van der Waals surface area contributed by atoms with Crippen LogP contribution in [0.25, 0.3) is 0 Å². The summed E-state index contributed by atoms with van der Waals surface area (Å²) in [5.74, 6) is -0.194. The van der Waals surface area contributed by atoms with Crippen molar-refractivity contribution in [2.24, 2.45) is 7.05 Å². The van der Waals surface area contributed by atoms with E-state index in [1.165, 1.54) is 18.5 Å². The summed E-state index contributed by atoms with van der Waals surface area (Å²) in [6.45, 7) is 2.66. The number of benzene rings is 1. The highest BCUT2D eigenvalue weighted by molar-refractivity contribution is 6.35. The maximum absolute atomic E-state index is 12.5. The number of hydrogen-bond donors (Lipinski definition) is 1. The Bertz CT molecular complexity index is 723. The first kappa shape index (κ1) is 17.3. The molecular weight excluding hydrogens is 345 g/mol. The lowest BCUT2D eigenvalue weighted by molar-refractivity contribution is 0.0937. The Balaban J connectivity index is 1.75. The Labute approximate surface area is 152 Å². The zero-order valence-electron chi connectivity index (χ0n) is 13.6. The van der Waals surface area contributed by atoms with Gasteiger partial charge in [-0.3, -0.25) is 9.69 Å². The third-order valence-electron chi connectivity index (χ3n) is 4.54. The molecule has 1 N–H and O–H groups in total. The van der Waals surface area contributed by atoms with Gasteiger partial charge in [-0.25, -0.2) is 0 Å². The molecule has 2 heterocycles. The molecule has 2 aromatic rings. The highest BCUT2D eigenvalue weighted by Crippen LogP contribution is 2.25. The van der Waals surface area contributed by atoms with E-state index in [9.17, 15) is 4.79 Å². The van der Waals surface area contributed by atoms with E-state index in [0.29, 0.717) is 22.2 Å². The first-order valence-electron chi connectivity index (χ1n) is 8.15. The molecule has 1 fully saturated rings. The lowest BCUT2D eigenvalue weighted by Gasteiger charge is -2.28. The van der Waals surface area contributed by atoms with E-state index in [4.69, 9.17) is 23.2 Å². The molecule has 0 spiro atoms. The maximum atomic E-state index is 12.5. The average molecular weight is 366 g/mol. The van der Waals surface area contributed by atoms with Gasteiger partial charge >= 0.3 is 0 Å². The number of carbonyl (C=O) groups is 1. The van der Waals surface area contributed by atoms with Gasteiger partial charge in [0.1, 0.15) is 0 Å². The van der Waals surface area contributed by atoms with Crippen molar-refractivity contribution in [3.8, 4) is 0 Å². The first-order chi connectivity index (χ1) is 11.6. The quantitative estimate of drug-likeness (QED) is 0.872. The Kier molecular flexibility index (Phi) is 5.49. The predicted octanol–water partition coefficient (Wildman–Crippen LogP) is 3.90. The molecule has 128 valence electrons. The Morgan fingerprint density at radius 3 is 2.67 bits per heavy atom. The molecule has 0 radical (unpaired) electrons. The molecule has 1 amide bonds. The fourth-order valence-electron chi connectivity index (χ4n) is 3.25. The molecule has 24 heavy (non-hydrogen) atoms. The van der Waals surface area contributed by atoms with E-state index in [1.807, 2.05) is 19.3 Å². The molecule has 1 unspecified atom stereocenters. The summed E-state index contributed by atoms with van der Waals surface area (Å²) < 4.78 is 2.11. The fraction of sp³-hybridized carbons (Fsp3) is 0.389. The molecule has 0 bridgehead atoms. The summed E-state index contributed by atoms with van der Waals surface area (Å²) in [7, 11) is 2.04. The van der Waals surface area contributed by atoms with Crippen molar-refractivity contribution in [2.45, 2.75) is 18.9 Å². The lowest BCUT2D eigenvalue weighted by atomic mass is 10.1. The normalized spacial score (nSPS) is 16.3. The second-order valence-electron chi connectivity index (χ2n) is 6.14. The van der Waals surface area contributed by atoms with Gasteiger partial charge in [0.25, 0.3) is 5.91 Å². The van der Waals surface area contributed by atoms with Gasteiger partial charge in [0.2, 0.25) is 0 Å². The minimum absolute atomic E-state index is 0.161. The molecule has 1 aliphatic heterocycles. The molecule has 3 rings (SSSR count). The van der Waals surface area contributed by atoms with Gasteiger partial charge < -0.3 is 9.88 Å². The lowest BCUT2D eigenvalue weighted by Crippen LogP contribution is -2.37. The van der Waals surface area contributed by atoms with Crippen LogP contribution < -0.4 is 5.32 Å². The molecule has 6 heteroatoms. The summed E-state index contributed by atoms with van der Waals surface area (Å²) >= 11 is 12.1. The van der Waals surface area contributed by atoms with Crippen LogP contribution in [0.2, 0.25) is 10.0 Å². The van der Waals surface area contributed by atoms with Crippen LogP contribution in [-0.2, 0) is 7.05 Å². The number of nitrogens with one attached hydrogen (secondary N) is 1. The van der Waals surface area contributed by atoms with Crippen molar-refractivity contribution >= 4 is 29.1 Å². The minimum Gasteiger partial charge on any atom is -0.353 e. The van der Waals surface area contributed by atoms with Crippen molar-refractivity contribution in [3.05, 3.63) is 57.8 Å². The van der Waals surface area contributed by atoms with E-state index < -0.39 is 0 Å². The van der Waals surface area contributed by atoms with Gasteiger partial charge in [-0.15, -0.1) is 0 Å². The van der Waals surface area contributed by atoms with Crippen LogP contribution >= 0.6 is 23.2 Å². The summed E-state index contributed by atoms with van der Waals surface area (Å²) in [5.41, 5.74) is 1.62. The van der Waals surface area contributed by atoms with Gasteiger partial charge in [0.05, 0.1) is 16.6 Å². The minimum atomic E-state index is -0.194. The van der Waals surface area contributed by atoms with Crippen molar-refractivity contribution in [3.63, 3.8) is 0 Å². The molecule has 1 aliphatic rings. The average Bonchev–Trinajstić information content (AvgIpc) is 3.22. The molecular formula is C18H21Cl2N3O. The molecule has 1 aromatic heterocycles. The Morgan fingerprint density at radius 2 is 2.00 bits per heavy atom. The van der Waals surface area contributed by atoms with Crippen molar-refractivity contribution in [1.82, 2.24) is 14.8 Å². The van der Waals surface area contributed by atoms with Crippen LogP contribution in [0.5, 0.6) is 0 Å². The number of halogens is 2. The molecule has 1 atom stereocenters. The molecule has 0 aliphatic carbocycles. The van der Waals surface area contributed by atoms with Crippen LogP contribution in [-0.4, -0.2) is 35.0 Å². The Hall–Kier alpha value is -1.49. The van der Waals surface area contributed by atoms with Gasteiger partial charge in [-0.2, -0.15) is 0 Å². The predicted molar refractivity (Wildman–Crippen MR) is 97.8 cm³/mol. The number of amides is 1. The highest BCUT2D eigenvalue weighted by Gasteiger charge is 2.26. The number of hydrogen-bond acceptors (Lipinski definition) is 2. The molecule has 1 saturated heterocycles. The summed E-state index contributed by atoms with van der Waals surface area (Å²) in [6.07, 6.45) is 4.44. The Morgan fingerprint density at radius 1 is 1.25 bits per heavy atom. The van der Waals surface area contributed by atoms with Gasteiger partial charge in [0, 0.05) is 30.5 Å². The van der Waals surface area contributed by atoms with Crippen LogP contribution in [0.1, 0.15) is 34.9 Å². The molecule has 1 aromatic carbocycles. The number of likely N-dealkylation sites (tertiary alicyclic amines) is 1. The third-order valence-corrected chi connectivity index (χ3v) is 5.10. The third kappa shape index (κ3) is 3.77.